The number of benzene rings is 2. The number of halogens is 4. The Morgan fingerprint density at radius 3 is 2.79 bits per heavy atom. The fraction of sp³-hybridized carbons (Fsp3) is 0.360. The fourth-order valence-electron chi connectivity index (χ4n) is 4.24. The lowest BCUT2D eigenvalue weighted by Gasteiger charge is -2.36. The summed E-state index contributed by atoms with van der Waals surface area (Å²) in [5.74, 6) is 0.668. The first-order valence-corrected chi connectivity index (χ1v) is 11.6. The van der Waals surface area contributed by atoms with Crippen LogP contribution in [-0.4, -0.2) is 30.1 Å². The van der Waals surface area contributed by atoms with Crippen molar-refractivity contribution in [3.05, 3.63) is 59.1 Å². The van der Waals surface area contributed by atoms with E-state index in [4.69, 9.17) is 21.3 Å². The van der Waals surface area contributed by atoms with Crippen LogP contribution in [0.2, 0.25) is 5.02 Å². The summed E-state index contributed by atoms with van der Waals surface area (Å²) in [6.07, 6.45) is -0.0462. The zero-order valence-corrected chi connectivity index (χ0v) is 19.4. The number of piperidine rings is 1. The number of hydrogen-bond donors (Lipinski definition) is 1. The maximum atomic E-state index is 13.0. The number of alkyl halides is 3. The van der Waals surface area contributed by atoms with Gasteiger partial charge in [0.1, 0.15) is 17.1 Å². The molecule has 4 rings (SSSR count). The lowest BCUT2D eigenvalue weighted by atomic mass is 10.00. The molecule has 1 N–H and O–H groups in total. The molecule has 0 aliphatic carbocycles. The molecule has 180 valence electrons. The number of carbonyl (C=O) groups is 1. The quantitative estimate of drug-likeness (QED) is 0.417. The summed E-state index contributed by atoms with van der Waals surface area (Å²) in [5.41, 5.74) is -0.397. The van der Waals surface area contributed by atoms with Crippen LogP contribution in [0, 0.1) is 0 Å². The predicted molar refractivity (Wildman–Crippen MR) is 128 cm³/mol. The van der Waals surface area contributed by atoms with E-state index >= 15 is 0 Å². The van der Waals surface area contributed by atoms with Crippen molar-refractivity contribution in [2.45, 2.75) is 44.8 Å². The summed E-state index contributed by atoms with van der Waals surface area (Å²) in [7, 11) is 0. The maximum absolute atomic E-state index is 13.0. The molecule has 1 fully saturated rings. The second-order valence-electron chi connectivity index (χ2n) is 8.28. The van der Waals surface area contributed by atoms with Gasteiger partial charge in [-0.1, -0.05) is 30.7 Å². The minimum atomic E-state index is -4.54. The molecule has 3 aromatic rings. The van der Waals surface area contributed by atoms with Crippen LogP contribution in [0.4, 0.5) is 24.7 Å². The van der Waals surface area contributed by atoms with E-state index in [0.29, 0.717) is 17.3 Å². The summed E-state index contributed by atoms with van der Waals surface area (Å²) in [5, 5.41) is 3.27. The summed E-state index contributed by atoms with van der Waals surface area (Å²) in [6.45, 7) is 2.72. The third-order valence-corrected chi connectivity index (χ3v) is 6.32. The summed E-state index contributed by atoms with van der Waals surface area (Å²) in [6, 6.07) is 12.6. The van der Waals surface area contributed by atoms with Crippen molar-refractivity contribution in [3.8, 4) is 5.75 Å². The molecule has 0 saturated carbocycles. The first kappa shape index (κ1) is 24.1. The zero-order valence-electron chi connectivity index (χ0n) is 18.7. The minimum Gasteiger partial charge on any atom is -0.481 e. The Labute approximate surface area is 200 Å². The normalized spacial score (nSPS) is 16.5. The van der Waals surface area contributed by atoms with Crippen molar-refractivity contribution < 1.29 is 22.7 Å². The number of amides is 1. The Morgan fingerprint density at radius 1 is 1.21 bits per heavy atom. The molecule has 0 bridgehead atoms. The molecule has 2 heterocycles. The van der Waals surface area contributed by atoms with Crippen LogP contribution in [-0.2, 0) is 11.0 Å². The van der Waals surface area contributed by atoms with Crippen LogP contribution in [0.5, 0.6) is 5.75 Å². The number of rotatable bonds is 6. The molecule has 1 aromatic heterocycles. The van der Waals surface area contributed by atoms with Crippen molar-refractivity contribution in [2.24, 2.45) is 0 Å². The molecule has 1 aliphatic rings. The second kappa shape index (κ2) is 10.1. The van der Waals surface area contributed by atoms with E-state index in [1.54, 1.807) is 12.1 Å². The van der Waals surface area contributed by atoms with Gasteiger partial charge in [0.2, 0.25) is 0 Å². The van der Waals surface area contributed by atoms with Crippen molar-refractivity contribution in [3.63, 3.8) is 0 Å². The molecule has 0 spiro atoms. The van der Waals surface area contributed by atoms with E-state index in [9.17, 15) is 18.0 Å². The number of anilines is 2. The predicted octanol–water partition coefficient (Wildman–Crippen LogP) is 6.69. The van der Waals surface area contributed by atoms with E-state index in [0.717, 1.165) is 55.2 Å². The monoisotopic (exact) mass is 491 g/mol. The topological polar surface area (TPSA) is 54.5 Å². The van der Waals surface area contributed by atoms with Gasteiger partial charge >= 0.3 is 6.18 Å². The fourth-order valence-corrected chi connectivity index (χ4v) is 4.40. The van der Waals surface area contributed by atoms with Crippen LogP contribution in [0.25, 0.3) is 10.9 Å². The largest absolute Gasteiger partial charge is 0.481 e. The summed E-state index contributed by atoms with van der Waals surface area (Å²) in [4.78, 5) is 19.6. The number of aromatic nitrogens is 1. The molecule has 1 saturated heterocycles. The molecule has 9 heteroatoms. The Bertz CT molecular complexity index is 1190. The molecular formula is C25H25ClF3N3O2. The Hall–Kier alpha value is -3.00. The highest BCUT2D eigenvalue weighted by atomic mass is 35.5. The van der Waals surface area contributed by atoms with E-state index in [2.05, 4.69) is 17.1 Å². The highest BCUT2D eigenvalue weighted by Crippen LogP contribution is 2.34. The lowest BCUT2D eigenvalue weighted by Crippen LogP contribution is -2.39. The van der Waals surface area contributed by atoms with Crippen LogP contribution in [0.1, 0.15) is 38.2 Å². The van der Waals surface area contributed by atoms with E-state index in [1.165, 1.54) is 6.42 Å². The SMILES string of the molecule is CCC1CCCCN1c1ccc2cccc(OCC(=O)Nc3cc(C(F)(F)F)ccc3Cl)c2n1. The molecule has 1 unspecified atom stereocenters. The number of ether oxygens (including phenoxy) is 1. The zero-order chi connectivity index (χ0) is 24.3. The van der Waals surface area contributed by atoms with Crippen molar-refractivity contribution in [1.29, 1.82) is 0 Å². The smallest absolute Gasteiger partial charge is 0.416 e. The van der Waals surface area contributed by atoms with Crippen LogP contribution < -0.4 is 15.0 Å². The average Bonchev–Trinajstić information content (AvgIpc) is 2.83. The van der Waals surface area contributed by atoms with Crippen molar-refractivity contribution in [1.82, 2.24) is 4.98 Å². The van der Waals surface area contributed by atoms with Gasteiger partial charge in [0.25, 0.3) is 5.91 Å². The van der Waals surface area contributed by atoms with Crippen LogP contribution >= 0.6 is 11.6 Å². The molecule has 34 heavy (non-hydrogen) atoms. The molecule has 2 aromatic carbocycles. The third kappa shape index (κ3) is 5.38. The van der Waals surface area contributed by atoms with E-state index < -0.39 is 24.3 Å². The van der Waals surface area contributed by atoms with Crippen molar-refractivity contribution >= 4 is 39.9 Å². The van der Waals surface area contributed by atoms with Gasteiger partial charge in [0.05, 0.1) is 16.3 Å². The van der Waals surface area contributed by atoms with Gasteiger partial charge in [0, 0.05) is 18.0 Å². The molecule has 1 aliphatic heterocycles. The average molecular weight is 492 g/mol. The molecule has 5 nitrogen and oxygen atoms in total. The van der Waals surface area contributed by atoms with Crippen molar-refractivity contribution in [2.75, 3.05) is 23.4 Å². The molecule has 1 amide bonds. The number of nitrogens with one attached hydrogen (secondary N) is 1. The maximum Gasteiger partial charge on any atom is 0.416 e. The van der Waals surface area contributed by atoms with Gasteiger partial charge in [0.15, 0.2) is 6.61 Å². The van der Waals surface area contributed by atoms with Gasteiger partial charge in [-0.25, -0.2) is 4.98 Å². The standard InChI is InChI=1S/C25H25ClF3N3O2/c1-2-18-7-3-4-13-32(18)22-12-9-16-6-5-8-21(24(16)31-22)34-15-23(33)30-20-14-17(25(27,28)29)10-11-19(20)26/h5-6,8-12,14,18H,2-4,7,13,15H2,1H3,(H,30,33). The number of carbonyl (C=O) groups excluding carboxylic acids is 1. The highest BCUT2D eigenvalue weighted by Gasteiger charge is 2.31. The Morgan fingerprint density at radius 2 is 2.03 bits per heavy atom. The first-order chi connectivity index (χ1) is 16.3. The first-order valence-electron chi connectivity index (χ1n) is 11.2. The highest BCUT2D eigenvalue weighted by molar-refractivity contribution is 6.33. The van der Waals surface area contributed by atoms with E-state index in [-0.39, 0.29) is 10.7 Å². The van der Waals surface area contributed by atoms with E-state index in [1.807, 2.05) is 18.2 Å². The third-order valence-electron chi connectivity index (χ3n) is 5.99. The van der Waals surface area contributed by atoms with Gasteiger partial charge in [-0.3, -0.25) is 4.79 Å². The van der Waals surface area contributed by atoms with Crippen LogP contribution in [0.3, 0.4) is 0 Å². The Kier molecular flexibility index (Phi) is 7.16. The number of fused-ring (bicyclic) bond motifs is 1. The second-order valence-corrected chi connectivity index (χ2v) is 8.69. The number of hydrogen-bond acceptors (Lipinski definition) is 4. The summed E-state index contributed by atoms with van der Waals surface area (Å²) < 4.78 is 44.7. The van der Waals surface area contributed by atoms with Gasteiger partial charge < -0.3 is 15.0 Å². The minimum absolute atomic E-state index is 0.00447. The molecule has 1 atom stereocenters. The van der Waals surface area contributed by atoms with Gasteiger partial charge in [-0.05, 0) is 62.1 Å². The molecular weight excluding hydrogens is 467 g/mol. The number of nitrogens with zero attached hydrogens (tertiary/aromatic N) is 2. The van der Waals surface area contributed by atoms with Crippen LogP contribution in [0.15, 0.2) is 48.5 Å². The lowest BCUT2D eigenvalue weighted by molar-refractivity contribution is -0.137. The summed E-state index contributed by atoms with van der Waals surface area (Å²) >= 11 is 5.96. The Balaban J connectivity index is 1.51. The number of para-hydroxylation sites is 1. The van der Waals surface area contributed by atoms with Gasteiger partial charge in [-0.2, -0.15) is 13.2 Å². The number of pyridine rings is 1. The molecule has 0 radical (unpaired) electrons. The van der Waals surface area contributed by atoms with Gasteiger partial charge in [-0.15, -0.1) is 0 Å².